The number of carbonyl (C=O) groups excluding carboxylic acids is 2. The van der Waals surface area contributed by atoms with Crippen LogP contribution >= 0.6 is 11.6 Å². The maximum Gasteiger partial charge on any atom is 0.338 e. The van der Waals surface area contributed by atoms with Gasteiger partial charge in [0.25, 0.3) is 5.91 Å². The van der Waals surface area contributed by atoms with Crippen LogP contribution in [0.1, 0.15) is 30.1 Å². The minimum Gasteiger partial charge on any atom is -0.452 e. The molecule has 0 saturated carbocycles. The lowest BCUT2D eigenvalue weighted by molar-refractivity contribution is -0.124. The van der Waals surface area contributed by atoms with E-state index in [1.54, 1.807) is 0 Å². The molecule has 0 atom stereocenters. The summed E-state index contributed by atoms with van der Waals surface area (Å²) in [5, 5.41) is 2.93. The second kappa shape index (κ2) is 7.63. The summed E-state index contributed by atoms with van der Waals surface area (Å²) < 4.78 is 4.86. The predicted molar refractivity (Wildman–Crippen MR) is 74.1 cm³/mol. The number of unbranched alkanes of at least 4 members (excludes halogenated alkanes) is 1. The molecule has 0 radical (unpaired) electrons. The normalized spacial score (nSPS) is 10.0. The molecule has 5 nitrogen and oxygen atoms in total. The zero-order chi connectivity index (χ0) is 14.3. The Morgan fingerprint density at radius 3 is 2.79 bits per heavy atom. The molecule has 1 aromatic rings. The monoisotopic (exact) mass is 284 g/mol. The van der Waals surface area contributed by atoms with Gasteiger partial charge < -0.3 is 15.8 Å². The third-order valence-electron chi connectivity index (χ3n) is 2.42. The fourth-order valence-electron chi connectivity index (χ4n) is 1.32. The van der Waals surface area contributed by atoms with E-state index in [9.17, 15) is 9.59 Å². The zero-order valence-electron chi connectivity index (χ0n) is 10.7. The van der Waals surface area contributed by atoms with Gasteiger partial charge in [0.2, 0.25) is 0 Å². The van der Waals surface area contributed by atoms with Gasteiger partial charge in [0.05, 0.1) is 16.3 Å². The Hall–Kier alpha value is -1.75. The molecule has 6 heteroatoms. The van der Waals surface area contributed by atoms with Crippen LogP contribution in [0.25, 0.3) is 0 Å². The lowest BCUT2D eigenvalue weighted by Gasteiger charge is -2.06. The molecule has 1 amide bonds. The van der Waals surface area contributed by atoms with E-state index < -0.39 is 5.97 Å². The van der Waals surface area contributed by atoms with E-state index in [-0.39, 0.29) is 23.1 Å². The Labute approximate surface area is 117 Å². The number of nitrogens with two attached hydrogens (primary N) is 1. The Bertz CT molecular complexity index is 463. The Morgan fingerprint density at radius 2 is 2.16 bits per heavy atom. The summed E-state index contributed by atoms with van der Waals surface area (Å²) in [6.07, 6.45) is 1.89. The number of anilines is 1. The molecule has 0 saturated heterocycles. The van der Waals surface area contributed by atoms with Crippen LogP contribution in [0.15, 0.2) is 18.2 Å². The molecule has 0 fully saturated rings. The van der Waals surface area contributed by atoms with Gasteiger partial charge >= 0.3 is 5.97 Å². The first-order chi connectivity index (χ1) is 9.04. The number of esters is 1. The molecule has 104 valence electrons. The van der Waals surface area contributed by atoms with Gasteiger partial charge in [-0.05, 0) is 24.6 Å². The van der Waals surface area contributed by atoms with E-state index >= 15 is 0 Å². The fourth-order valence-corrected chi connectivity index (χ4v) is 1.50. The highest BCUT2D eigenvalue weighted by molar-refractivity contribution is 6.33. The average molecular weight is 285 g/mol. The number of rotatable bonds is 6. The van der Waals surface area contributed by atoms with Gasteiger partial charge in [0.15, 0.2) is 6.61 Å². The molecule has 0 aliphatic heterocycles. The number of hydrogen-bond acceptors (Lipinski definition) is 4. The molecule has 1 aromatic carbocycles. The van der Waals surface area contributed by atoms with Gasteiger partial charge in [-0.25, -0.2) is 4.79 Å². The van der Waals surface area contributed by atoms with Gasteiger partial charge in [0.1, 0.15) is 0 Å². The topological polar surface area (TPSA) is 81.4 Å². The standard InChI is InChI=1S/C13H17ClN2O3/c1-2-3-6-16-12(17)8-19-13(18)9-4-5-11(15)10(14)7-9/h4-5,7H,2-3,6,8,15H2,1H3,(H,16,17). The van der Waals surface area contributed by atoms with Crippen LogP contribution in [-0.2, 0) is 9.53 Å². The molecule has 0 bridgehead atoms. The van der Waals surface area contributed by atoms with Gasteiger partial charge in [-0.3, -0.25) is 4.79 Å². The molecule has 0 aromatic heterocycles. The molecular formula is C13H17ClN2O3. The highest BCUT2D eigenvalue weighted by Crippen LogP contribution is 2.19. The van der Waals surface area contributed by atoms with Crippen molar-refractivity contribution in [1.29, 1.82) is 0 Å². The number of benzene rings is 1. The van der Waals surface area contributed by atoms with Crippen molar-refractivity contribution in [1.82, 2.24) is 5.32 Å². The number of amides is 1. The van der Waals surface area contributed by atoms with Crippen LogP contribution < -0.4 is 11.1 Å². The first-order valence-corrected chi connectivity index (χ1v) is 6.41. The number of carbonyl (C=O) groups is 2. The van der Waals surface area contributed by atoms with Crippen molar-refractivity contribution in [2.75, 3.05) is 18.9 Å². The smallest absolute Gasteiger partial charge is 0.338 e. The summed E-state index contributed by atoms with van der Waals surface area (Å²) in [7, 11) is 0. The van der Waals surface area contributed by atoms with E-state index in [0.717, 1.165) is 12.8 Å². The van der Waals surface area contributed by atoms with E-state index in [0.29, 0.717) is 12.2 Å². The van der Waals surface area contributed by atoms with Crippen molar-refractivity contribution in [3.63, 3.8) is 0 Å². The summed E-state index contributed by atoms with van der Waals surface area (Å²) in [6, 6.07) is 4.42. The highest BCUT2D eigenvalue weighted by atomic mass is 35.5. The van der Waals surface area contributed by atoms with Crippen molar-refractivity contribution in [3.05, 3.63) is 28.8 Å². The molecule has 3 N–H and O–H groups in total. The highest BCUT2D eigenvalue weighted by Gasteiger charge is 2.11. The van der Waals surface area contributed by atoms with Crippen LogP contribution in [-0.4, -0.2) is 25.0 Å². The molecule has 0 spiro atoms. The molecule has 0 unspecified atom stereocenters. The molecule has 0 aliphatic carbocycles. The maximum atomic E-state index is 11.6. The van der Waals surface area contributed by atoms with E-state index in [1.807, 2.05) is 6.92 Å². The van der Waals surface area contributed by atoms with Crippen LogP contribution in [0.4, 0.5) is 5.69 Å². The fraction of sp³-hybridized carbons (Fsp3) is 0.385. The average Bonchev–Trinajstić information content (AvgIpc) is 2.39. The molecular weight excluding hydrogens is 268 g/mol. The number of halogens is 1. The van der Waals surface area contributed by atoms with Crippen LogP contribution in [0.2, 0.25) is 5.02 Å². The predicted octanol–water partition coefficient (Wildman–Crippen LogP) is 2.00. The van der Waals surface area contributed by atoms with E-state index in [4.69, 9.17) is 22.1 Å². The Balaban J connectivity index is 2.42. The molecule has 1 rings (SSSR count). The third-order valence-corrected chi connectivity index (χ3v) is 2.75. The van der Waals surface area contributed by atoms with Crippen LogP contribution in [0.5, 0.6) is 0 Å². The van der Waals surface area contributed by atoms with Crippen molar-refractivity contribution in [3.8, 4) is 0 Å². The van der Waals surface area contributed by atoms with Gasteiger partial charge in [-0.1, -0.05) is 24.9 Å². The first-order valence-electron chi connectivity index (χ1n) is 6.03. The Morgan fingerprint density at radius 1 is 1.42 bits per heavy atom. The molecule has 0 heterocycles. The van der Waals surface area contributed by atoms with Crippen molar-refractivity contribution in [2.24, 2.45) is 0 Å². The lowest BCUT2D eigenvalue weighted by Crippen LogP contribution is -2.29. The SMILES string of the molecule is CCCCNC(=O)COC(=O)c1ccc(N)c(Cl)c1. The maximum absolute atomic E-state index is 11.6. The second-order valence-corrected chi connectivity index (χ2v) is 4.42. The third kappa shape index (κ3) is 5.18. The van der Waals surface area contributed by atoms with Crippen LogP contribution in [0, 0.1) is 0 Å². The summed E-state index contributed by atoms with van der Waals surface area (Å²) in [5.41, 5.74) is 6.18. The van der Waals surface area contributed by atoms with Crippen molar-refractivity contribution < 1.29 is 14.3 Å². The number of ether oxygens (including phenoxy) is 1. The molecule has 0 aliphatic rings. The van der Waals surface area contributed by atoms with Gasteiger partial charge in [0, 0.05) is 6.54 Å². The lowest BCUT2D eigenvalue weighted by atomic mass is 10.2. The van der Waals surface area contributed by atoms with Gasteiger partial charge in [-0.2, -0.15) is 0 Å². The summed E-state index contributed by atoms with van der Waals surface area (Å²) in [4.78, 5) is 23.0. The molecule has 19 heavy (non-hydrogen) atoms. The quantitative estimate of drug-likeness (QED) is 0.475. The summed E-state index contributed by atoms with van der Waals surface area (Å²) >= 11 is 5.79. The largest absolute Gasteiger partial charge is 0.452 e. The van der Waals surface area contributed by atoms with Crippen molar-refractivity contribution in [2.45, 2.75) is 19.8 Å². The Kier molecular flexibility index (Phi) is 6.15. The summed E-state index contributed by atoms with van der Waals surface area (Å²) in [6.45, 7) is 2.31. The number of nitrogen functional groups attached to an aromatic ring is 1. The number of hydrogen-bond donors (Lipinski definition) is 2. The second-order valence-electron chi connectivity index (χ2n) is 4.02. The minimum atomic E-state index is -0.604. The first kappa shape index (κ1) is 15.3. The van der Waals surface area contributed by atoms with E-state index in [2.05, 4.69) is 5.32 Å². The summed E-state index contributed by atoms with van der Waals surface area (Å²) in [5.74, 6) is -0.920. The van der Waals surface area contributed by atoms with Crippen molar-refractivity contribution >= 4 is 29.2 Å². The van der Waals surface area contributed by atoms with Crippen LogP contribution in [0.3, 0.4) is 0 Å². The van der Waals surface area contributed by atoms with E-state index in [1.165, 1.54) is 18.2 Å². The minimum absolute atomic E-state index is 0.264. The van der Waals surface area contributed by atoms with Gasteiger partial charge in [-0.15, -0.1) is 0 Å². The number of nitrogens with one attached hydrogen (secondary N) is 1. The zero-order valence-corrected chi connectivity index (χ0v) is 11.5.